The van der Waals surface area contributed by atoms with Crippen LogP contribution in [0.15, 0.2) is 46.6 Å². The molecule has 0 radical (unpaired) electrons. The summed E-state index contributed by atoms with van der Waals surface area (Å²) in [4.78, 5) is 32.1. The second-order valence-corrected chi connectivity index (χ2v) is 7.07. The van der Waals surface area contributed by atoms with Gasteiger partial charge in [-0.3, -0.25) is 14.5 Å². The molecule has 2 aromatic rings. The Morgan fingerprint density at radius 1 is 1.10 bits per heavy atom. The lowest BCUT2D eigenvalue weighted by atomic mass is 10.3. The van der Waals surface area contributed by atoms with Gasteiger partial charge in [0.25, 0.3) is 0 Å². The van der Waals surface area contributed by atoms with Crippen LogP contribution in [-0.4, -0.2) is 73.0 Å². The van der Waals surface area contributed by atoms with E-state index in [1.54, 1.807) is 36.4 Å². The third-order valence-electron chi connectivity index (χ3n) is 4.66. The van der Waals surface area contributed by atoms with Crippen LogP contribution in [-0.2, 0) is 9.59 Å². The zero-order valence-corrected chi connectivity index (χ0v) is 17.3. The minimum Gasteiger partial charge on any atom is -0.423 e. The number of rotatable bonds is 7. The molecule has 11 heteroatoms. The molecule has 0 saturated carbocycles. The smallest absolute Gasteiger partial charge is 0.325 e. The van der Waals surface area contributed by atoms with Crippen LogP contribution < -0.4 is 21.5 Å². The molecule has 1 aromatic heterocycles. The zero-order chi connectivity index (χ0) is 22.2. The summed E-state index contributed by atoms with van der Waals surface area (Å²) in [5.74, 6) is -0.0704. The molecule has 1 aliphatic rings. The highest BCUT2D eigenvalue weighted by molar-refractivity contribution is 5.91. The number of para-hydroxylation sites is 1. The van der Waals surface area contributed by atoms with Gasteiger partial charge in [0.2, 0.25) is 5.91 Å². The van der Waals surface area contributed by atoms with E-state index < -0.39 is 0 Å². The summed E-state index contributed by atoms with van der Waals surface area (Å²) in [6.45, 7) is 3.53. The Kier molecular flexibility index (Phi) is 7.60. The van der Waals surface area contributed by atoms with E-state index in [1.807, 2.05) is 0 Å². The molecule has 0 bridgehead atoms. The van der Waals surface area contributed by atoms with Crippen LogP contribution in [0, 0.1) is 0 Å². The Balaban J connectivity index is 1.65. The van der Waals surface area contributed by atoms with Crippen molar-refractivity contribution in [2.24, 2.45) is 16.0 Å². The minimum absolute atomic E-state index is 0.0862. The van der Waals surface area contributed by atoms with Crippen LogP contribution in [0.1, 0.15) is 0 Å². The number of amides is 1. The first kappa shape index (κ1) is 22.3. The SMILES string of the molecule is CN1CCN(CC(=O)Oc2ccccc2/N=N/c2ccc(NC(=O)CN)nc2N)CC1. The molecule has 0 aliphatic carbocycles. The molecule has 1 aliphatic heterocycles. The van der Waals surface area contributed by atoms with Gasteiger partial charge in [-0.2, -0.15) is 0 Å². The molecule has 1 aromatic carbocycles. The number of likely N-dealkylation sites (N-methyl/N-ethyl adjacent to an activating group) is 1. The van der Waals surface area contributed by atoms with E-state index in [9.17, 15) is 9.59 Å². The maximum absolute atomic E-state index is 12.4. The summed E-state index contributed by atoms with van der Waals surface area (Å²) in [5.41, 5.74) is 11.8. The number of nitrogens with zero attached hydrogens (tertiary/aromatic N) is 5. The second kappa shape index (κ2) is 10.6. The van der Waals surface area contributed by atoms with Crippen molar-refractivity contribution in [3.05, 3.63) is 36.4 Å². The summed E-state index contributed by atoms with van der Waals surface area (Å²) in [7, 11) is 2.06. The number of nitrogens with one attached hydrogen (secondary N) is 1. The Morgan fingerprint density at radius 2 is 1.81 bits per heavy atom. The number of anilines is 2. The summed E-state index contributed by atoms with van der Waals surface area (Å²) < 4.78 is 5.51. The van der Waals surface area contributed by atoms with Crippen molar-refractivity contribution in [1.82, 2.24) is 14.8 Å². The van der Waals surface area contributed by atoms with Crippen LogP contribution in [0.5, 0.6) is 5.75 Å². The van der Waals surface area contributed by atoms with Gasteiger partial charge in [0.1, 0.15) is 17.2 Å². The molecule has 31 heavy (non-hydrogen) atoms. The largest absolute Gasteiger partial charge is 0.423 e. The first-order chi connectivity index (χ1) is 14.9. The van der Waals surface area contributed by atoms with Crippen molar-refractivity contribution < 1.29 is 14.3 Å². The lowest BCUT2D eigenvalue weighted by molar-refractivity contribution is -0.136. The molecule has 164 valence electrons. The maximum Gasteiger partial charge on any atom is 0.325 e. The minimum atomic E-state index is -0.381. The molecule has 0 spiro atoms. The van der Waals surface area contributed by atoms with E-state index in [0.29, 0.717) is 17.1 Å². The molecule has 2 heterocycles. The molecular formula is C20H26N8O3. The predicted octanol–water partition coefficient (Wildman–Crippen LogP) is 1.13. The van der Waals surface area contributed by atoms with Gasteiger partial charge < -0.3 is 26.4 Å². The third-order valence-corrected chi connectivity index (χ3v) is 4.66. The fourth-order valence-electron chi connectivity index (χ4n) is 2.89. The van der Waals surface area contributed by atoms with Crippen molar-refractivity contribution in [3.8, 4) is 5.75 Å². The number of pyridine rings is 1. The van der Waals surface area contributed by atoms with Crippen molar-refractivity contribution in [2.75, 3.05) is 57.4 Å². The third kappa shape index (κ3) is 6.54. The quantitative estimate of drug-likeness (QED) is 0.338. The van der Waals surface area contributed by atoms with Gasteiger partial charge in [-0.15, -0.1) is 10.2 Å². The molecule has 1 fully saturated rings. The Morgan fingerprint density at radius 3 is 2.52 bits per heavy atom. The van der Waals surface area contributed by atoms with Crippen LogP contribution in [0.2, 0.25) is 0 Å². The molecule has 5 N–H and O–H groups in total. The predicted molar refractivity (Wildman–Crippen MR) is 117 cm³/mol. The number of ether oxygens (including phenoxy) is 1. The molecule has 0 atom stereocenters. The molecule has 0 unspecified atom stereocenters. The number of aromatic nitrogens is 1. The van der Waals surface area contributed by atoms with E-state index in [2.05, 4.69) is 37.4 Å². The first-order valence-electron chi connectivity index (χ1n) is 9.83. The number of azo groups is 1. The molecule has 3 rings (SSSR count). The lowest BCUT2D eigenvalue weighted by Gasteiger charge is -2.31. The van der Waals surface area contributed by atoms with Gasteiger partial charge in [0.15, 0.2) is 11.6 Å². The number of esters is 1. The number of nitrogen functional groups attached to an aromatic ring is 1. The van der Waals surface area contributed by atoms with Gasteiger partial charge >= 0.3 is 5.97 Å². The second-order valence-electron chi connectivity index (χ2n) is 7.07. The fourth-order valence-corrected chi connectivity index (χ4v) is 2.89. The van der Waals surface area contributed by atoms with Crippen LogP contribution >= 0.6 is 0 Å². The monoisotopic (exact) mass is 426 g/mol. The number of hydrogen-bond acceptors (Lipinski definition) is 10. The average Bonchev–Trinajstić information content (AvgIpc) is 2.75. The van der Waals surface area contributed by atoms with Gasteiger partial charge in [-0.25, -0.2) is 4.98 Å². The Labute approximate surface area is 180 Å². The van der Waals surface area contributed by atoms with Gasteiger partial charge in [0.05, 0.1) is 13.1 Å². The number of carbonyl (C=O) groups is 2. The maximum atomic E-state index is 12.4. The first-order valence-corrected chi connectivity index (χ1v) is 9.83. The van der Waals surface area contributed by atoms with Gasteiger partial charge in [0, 0.05) is 26.2 Å². The van der Waals surface area contributed by atoms with Crippen LogP contribution in [0.25, 0.3) is 0 Å². The zero-order valence-electron chi connectivity index (χ0n) is 17.3. The van der Waals surface area contributed by atoms with Gasteiger partial charge in [-0.1, -0.05) is 12.1 Å². The summed E-state index contributed by atoms with van der Waals surface area (Å²) >= 11 is 0. The van der Waals surface area contributed by atoms with Crippen molar-refractivity contribution in [3.63, 3.8) is 0 Å². The van der Waals surface area contributed by atoms with Crippen LogP contribution in [0.3, 0.4) is 0 Å². The van der Waals surface area contributed by atoms with E-state index >= 15 is 0 Å². The molecule has 1 saturated heterocycles. The van der Waals surface area contributed by atoms with E-state index in [0.717, 1.165) is 26.2 Å². The van der Waals surface area contributed by atoms with E-state index in [1.165, 1.54) is 0 Å². The van der Waals surface area contributed by atoms with Crippen molar-refractivity contribution in [1.29, 1.82) is 0 Å². The number of hydrogen-bond donors (Lipinski definition) is 3. The average molecular weight is 426 g/mol. The van der Waals surface area contributed by atoms with Crippen molar-refractivity contribution in [2.45, 2.75) is 0 Å². The number of piperazine rings is 1. The van der Waals surface area contributed by atoms with Crippen molar-refractivity contribution >= 4 is 34.9 Å². The fraction of sp³-hybridized carbons (Fsp3) is 0.350. The topological polar surface area (TPSA) is 152 Å². The normalized spacial score (nSPS) is 15.2. The number of benzene rings is 1. The summed E-state index contributed by atoms with van der Waals surface area (Å²) in [6, 6.07) is 9.96. The number of nitrogens with two attached hydrogens (primary N) is 2. The number of carbonyl (C=O) groups excluding carboxylic acids is 2. The highest BCUT2D eigenvalue weighted by atomic mass is 16.5. The molecule has 1 amide bonds. The Hall–Kier alpha value is -3.41. The highest BCUT2D eigenvalue weighted by Crippen LogP contribution is 2.30. The standard InChI is InChI=1S/C20H26N8O3/c1-27-8-10-28(11-9-27)13-19(30)31-16-5-3-2-4-14(16)25-26-15-6-7-17(24-20(15)22)23-18(29)12-21/h2-7H,8-13,21H2,1H3,(H3,22,23,24,29)/b26-25+. The highest BCUT2D eigenvalue weighted by Gasteiger charge is 2.18. The lowest BCUT2D eigenvalue weighted by Crippen LogP contribution is -2.46. The van der Waals surface area contributed by atoms with E-state index in [-0.39, 0.29) is 36.6 Å². The molecule has 11 nitrogen and oxygen atoms in total. The van der Waals surface area contributed by atoms with E-state index in [4.69, 9.17) is 16.2 Å². The summed E-state index contributed by atoms with van der Waals surface area (Å²) in [5, 5.41) is 10.8. The van der Waals surface area contributed by atoms with Crippen LogP contribution in [0.4, 0.5) is 23.0 Å². The summed E-state index contributed by atoms with van der Waals surface area (Å²) in [6.07, 6.45) is 0. The van der Waals surface area contributed by atoms with Gasteiger partial charge in [-0.05, 0) is 31.3 Å². The Bertz CT molecular complexity index is 957. The molecular weight excluding hydrogens is 400 g/mol.